The van der Waals surface area contributed by atoms with E-state index in [9.17, 15) is 8.42 Å². The normalized spacial score (nSPS) is 11.4. The minimum Gasteiger partial charge on any atom is -0.397 e. The Morgan fingerprint density at radius 2 is 2.00 bits per heavy atom. The standard InChI is InChI=1S/C9H8N4O3S/c10-9-6(7-4-5-11-13-12-7)2-1-3-8(9)17(14,15)16/h1-5H,10H2,(H,14,15,16). The summed E-state index contributed by atoms with van der Waals surface area (Å²) >= 11 is 0. The summed E-state index contributed by atoms with van der Waals surface area (Å²) in [5, 5.41) is 10.6. The quantitative estimate of drug-likeness (QED) is 0.585. The van der Waals surface area contributed by atoms with Crippen molar-refractivity contribution < 1.29 is 13.0 Å². The molecule has 2 rings (SSSR count). The highest BCUT2D eigenvalue weighted by atomic mass is 32.2. The van der Waals surface area contributed by atoms with E-state index >= 15 is 0 Å². The van der Waals surface area contributed by atoms with Crippen molar-refractivity contribution in [2.24, 2.45) is 0 Å². The van der Waals surface area contributed by atoms with Crippen molar-refractivity contribution in [1.29, 1.82) is 0 Å². The van der Waals surface area contributed by atoms with Crippen molar-refractivity contribution in [3.63, 3.8) is 0 Å². The van der Waals surface area contributed by atoms with E-state index in [-0.39, 0.29) is 10.6 Å². The molecule has 8 heteroatoms. The molecule has 88 valence electrons. The highest BCUT2D eigenvalue weighted by Crippen LogP contribution is 2.28. The third-order valence-electron chi connectivity index (χ3n) is 2.12. The largest absolute Gasteiger partial charge is 0.397 e. The number of hydrogen-bond donors (Lipinski definition) is 2. The van der Waals surface area contributed by atoms with E-state index in [2.05, 4.69) is 15.4 Å². The summed E-state index contributed by atoms with van der Waals surface area (Å²) in [6.07, 6.45) is 1.40. The van der Waals surface area contributed by atoms with Gasteiger partial charge in [0.05, 0.1) is 17.6 Å². The number of hydrogen-bond acceptors (Lipinski definition) is 6. The molecule has 0 saturated carbocycles. The van der Waals surface area contributed by atoms with Gasteiger partial charge in [0, 0.05) is 5.56 Å². The first kappa shape index (κ1) is 11.4. The van der Waals surface area contributed by atoms with Crippen LogP contribution in [-0.4, -0.2) is 28.4 Å². The lowest BCUT2D eigenvalue weighted by Crippen LogP contribution is -2.05. The minimum atomic E-state index is -4.35. The van der Waals surface area contributed by atoms with Gasteiger partial charge in [-0.25, -0.2) is 0 Å². The highest BCUT2D eigenvalue weighted by molar-refractivity contribution is 7.86. The monoisotopic (exact) mass is 252 g/mol. The molecule has 0 spiro atoms. The molecule has 0 saturated heterocycles. The van der Waals surface area contributed by atoms with Crippen LogP contribution in [0.25, 0.3) is 11.3 Å². The summed E-state index contributed by atoms with van der Waals surface area (Å²) < 4.78 is 31.1. The van der Waals surface area contributed by atoms with Gasteiger partial charge in [-0.1, -0.05) is 12.1 Å². The Kier molecular flexibility index (Phi) is 2.74. The van der Waals surface area contributed by atoms with Crippen molar-refractivity contribution in [3.8, 4) is 11.3 Å². The van der Waals surface area contributed by atoms with Crippen LogP contribution in [0.1, 0.15) is 0 Å². The van der Waals surface area contributed by atoms with Gasteiger partial charge in [-0.05, 0) is 17.3 Å². The number of para-hydroxylation sites is 1. The fourth-order valence-corrected chi connectivity index (χ4v) is 2.02. The lowest BCUT2D eigenvalue weighted by atomic mass is 10.1. The molecule has 0 fully saturated rings. The highest BCUT2D eigenvalue weighted by Gasteiger charge is 2.17. The molecule has 0 aliphatic carbocycles. The van der Waals surface area contributed by atoms with E-state index in [1.54, 1.807) is 6.07 Å². The Bertz CT molecular complexity index is 643. The second-order valence-electron chi connectivity index (χ2n) is 3.20. The third-order valence-corrected chi connectivity index (χ3v) is 3.03. The number of aromatic nitrogens is 3. The zero-order chi connectivity index (χ0) is 12.5. The zero-order valence-corrected chi connectivity index (χ0v) is 9.29. The van der Waals surface area contributed by atoms with Gasteiger partial charge in [-0.3, -0.25) is 4.55 Å². The molecular weight excluding hydrogens is 244 g/mol. The second kappa shape index (κ2) is 4.07. The van der Waals surface area contributed by atoms with Crippen LogP contribution in [-0.2, 0) is 10.1 Å². The molecule has 0 amide bonds. The molecule has 2 aromatic rings. The molecule has 17 heavy (non-hydrogen) atoms. The van der Waals surface area contributed by atoms with Gasteiger partial charge >= 0.3 is 0 Å². The van der Waals surface area contributed by atoms with Gasteiger partial charge in [-0.15, -0.1) is 10.2 Å². The van der Waals surface area contributed by atoms with Gasteiger partial charge in [0.25, 0.3) is 10.1 Å². The molecule has 0 aliphatic heterocycles. The van der Waals surface area contributed by atoms with Crippen molar-refractivity contribution in [2.75, 3.05) is 5.73 Å². The van der Waals surface area contributed by atoms with E-state index in [4.69, 9.17) is 10.3 Å². The average Bonchev–Trinajstić information content (AvgIpc) is 2.29. The average molecular weight is 252 g/mol. The van der Waals surface area contributed by atoms with Gasteiger partial charge in [-0.2, -0.15) is 8.42 Å². The van der Waals surface area contributed by atoms with Crippen molar-refractivity contribution in [1.82, 2.24) is 15.4 Å². The minimum absolute atomic E-state index is 0.0736. The van der Waals surface area contributed by atoms with Crippen molar-refractivity contribution in [2.45, 2.75) is 4.90 Å². The summed E-state index contributed by atoms with van der Waals surface area (Å²) in [7, 11) is -4.35. The summed E-state index contributed by atoms with van der Waals surface area (Å²) in [5.74, 6) is 0. The van der Waals surface area contributed by atoms with Gasteiger partial charge < -0.3 is 5.73 Å². The second-order valence-corrected chi connectivity index (χ2v) is 4.59. The third kappa shape index (κ3) is 2.22. The molecule has 0 atom stereocenters. The SMILES string of the molecule is Nc1c(-c2ccnnn2)cccc1S(=O)(=O)O. The molecule has 1 heterocycles. The van der Waals surface area contributed by atoms with Crippen LogP contribution < -0.4 is 5.73 Å². The Morgan fingerprint density at radius 1 is 1.24 bits per heavy atom. The maximum atomic E-state index is 11.1. The summed E-state index contributed by atoms with van der Waals surface area (Å²) in [5.41, 5.74) is 6.35. The van der Waals surface area contributed by atoms with Crippen LogP contribution in [0.2, 0.25) is 0 Å². The number of nitrogen functional groups attached to an aromatic ring is 1. The van der Waals surface area contributed by atoms with Crippen molar-refractivity contribution >= 4 is 15.8 Å². The van der Waals surface area contributed by atoms with Crippen LogP contribution >= 0.6 is 0 Å². The molecule has 1 aromatic carbocycles. The smallest absolute Gasteiger partial charge is 0.296 e. The predicted molar refractivity (Wildman–Crippen MR) is 59.5 cm³/mol. The topological polar surface area (TPSA) is 119 Å². The fraction of sp³-hybridized carbons (Fsp3) is 0. The maximum Gasteiger partial charge on any atom is 0.296 e. The van der Waals surface area contributed by atoms with Crippen molar-refractivity contribution in [3.05, 3.63) is 30.5 Å². The van der Waals surface area contributed by atoms with E-state index < -0.39 is 10.1 Å². The molecule has 3 N–H and O–H groups in total. The summed E-state index contributed by atoms with van der Waals surface area (Å²) in [6.45, 7) is 0. The number of nitrogens with zero attached hydrogens (tertiary/aromatic N) is 3. The summed E-state index contributed by atoms with van der Waals surface area (Å²) in [6, 6.07) is 5.78. The van der Waals surface area contributed by atoms with E-state index in [0.717, 1.165) is 0 Å². The van der Waals surface area contributed by atoms with E-state index in [1.165, 1.54) is 24.4 Å². The van der Waals surface area contributed by atoms with Gasteiger partial charge in [0.15, 0.2) is 0 Å². The first-order valence-corrected chi connectivity index (χ1v) is 5.95. The van der Waals surface area contributed by atoms with E-state index in [0.29, 0.717) is 11.3 Å². The Morgan fingerprint density at radius 3 is 2.59 bits per heavy atom. The Hall–Kier alpha value is -2.06. The predicted octanol–water partition coefficient (Wildman–Crippen LogP) is 0.367. The molecule has 7 nitrogen and oxygen atoms in total. The molecule has 0 unspecified atom stereocenters. The number of benzene rings is 1. The lowest BCUT2D eigenvalue weighted by molar-refractivity contribution is 0.483. The number of anilines is 1. The lowest BCUT2D eigenvalue weighted by Gasteiger charge is -2.07. The molecular formula is C9H8N4O3S. The number of nitrogens with two attached hydrogens (primary N) is 1. The molecule has 1 aromatic heterocycles. The first-order chi connectivity index (χ1) is 8.00. The molecule has 0 aliphatic rings. The van der Waals surface area contributed by atoms with Crippen LogP contribution in [0.3, 0.4) is 0 Å². The van der Waals surface area contributed by atoms with E-state index in [1.807, 2.05) is 0 Å². The van der Waals surface area contributed by atoms with Crippen LogP contribution in [0.5, 0.6) is 0 Å². The van der Waals surface area contributed by atoms with Gasteiger partial charge in [0.1, 0.15) is 4.90 Å². The summed E-state index contributed by atoms with van der Waals surface area (Å²) in [4.78, 5) is -0.353. The van der Waals surface area contributed by atoms with Gasteiger partial charge in [0.2, 0.25) is 0 Å². The van der Waals surface area contributed by atoms with Crippen LogP contribution in [0.4, 0.5) is 5.69 Å². The molecule has 0 radical (unpaired) electrons. The maximum absolute atomic E-state index is 11.1. The van der Waals surface area contributed by atoms with Crippen LogP contribution in [0.15, 0.2) is 35.4 Å². The Labute approximate surface area is 97.1 Å². The zero-order valence-electron chi connectivity index (χ0n) is 8.48. The first-order valence-electron chi connectivity index (χ1n) is 4.51. The fourth-order valence-electron chi connectivity index (χ4n) is 1.38. The Balaban J connectivity index is 2.67. The van der Waals surface area contributed by atoms with Crippen LogP contribution in [0, 0.1) is 0 Å². The number of rotatable bonds is 2. The molecule has 0 bridgehead atoms.